The molecule has 0 saturated carbocycles. The molecule has 0 N–H and O–H groups in total. The van der Waals surface area contributed by atoms with Crippen molar-refractivity contribution in [2.75, 3.05) is 0 Å². The van der Waals surface area contributed by atoms with Crippen molar-refractivity contribution < 1.29 is 14.0 Å². The highest BCUT2D eigenvalue weighted by atomic mass is 19.1. The lowest BCUT2D eigenvalue weighted by molar-refractivity contribution is 0.0841. The van der Waals surface area contributed by atoms with E-state index in [0.717, 1.165) is 23.0 Å². The number of aryl methyl sites for hydroxylation is 1. The Morgan fingerprint density at radius 3 is 2.38 bits per heavy atom. The summed E-state index contributed by atoms with van der Waals surface area (Å²) in [6.07, 6.45) is 0. The number of fused-ring (bicyclic) bond motifs is 1. The Balaban J connectivity index is 1.99. The molecule has 0 aliphatic heterocycles. The van der Waals surface area contributed by atoms with E-state index in [1.165, 1.54) is 12.1 Å². The number of halogens is 1. The van der Waals surface area contributed by atoms with Gasteiger partial charge in [0.05, 0.1) is 11.8 Å². The second-order valence-electron chi connectivity index (χ2n) is 5.44. The fourth-order valence-electron chi connectivity index (χ4n) is 2.69. The van der Waals surface area contributed by atoms with Gasteiger partial charge in [-0.2, -0.15) is 5.26 Å². The molecule has 1 aromatic heterocycles. The first kappa shape index (κ1) is 15.6. The van der Waals surface area contributed by atoms with Crippen molar-refractivity contribution in [2.45, 2.75) is 0 Å². The summed E-state index contributed by atoms with van der Waals surface area (Å²) < 4.78 is 14.6. The molecule has 0 aliphatic rings. The van der Waals surface area contributed by atoms with Gasteiger partial charge in [-0.1, -0.05) is 18.2 Å². The number of hydrogen-bond acceptors (Lipinski definition) is 3. The highest BCUT2D eigenvalue weighted by Gasteiger charge is 2.30. The predicted octanol–water partition coefficient (Wildman–Crippen LogP) is 3.52. The van der Waals surface area contributed by atoms with Crippen LogP contribution < -0.4 is 0 Å². The number of ketones is 2. The zero-order chi connectivity index (χ0) is 17.3. The number of carbonyl (C=O) groups is 2. The van der Waals surface area contributed by atoms with E-state index >= 15 is 0 Å². The molecule has 1 heterocycles. The number of benzene rings is 2. The van der Waals surface area contributed by atoms with Crippen molar-refractivity contribution in [1.82, 2.24) is 4.57 Å². The summed E-state index contributed by atoms with van der Waals surface area (Å²) in [4.78, 5) is 25.2. The minimum Gasteiger partial charge on any atom is -0.341 e. The SMILES string of the molecule is Cn1c(C(=O)[C@@H](C#N)C(=O)c2ccc(F)cc2)cc2ccccc21. The zero-order valence-corrected chi connectivity index (χ0v) is 12.9. The standard InChI is InChI=1S/C19H13FN2O2/c1-22-16-5-3-2-4-13(16)10-17(22)19(24)15(11-21)18(23)12-6-8-14(20)9-7-12/h2-10,15H,1H3/t15-/m0/s1. The molecule has 3 rings (SSSR count). The first-order valence-electron chi connectivity index (χ1n) is 7.31. The largest absolute Gasteiger partial charge is 0.341 e. The van der Waals surface area contributed by atoms with Gasteiger partial charge in [0.2, 0.25) is 5.78 Å². The third kappa shape index (κ3) is 2.59. The van der Waals surface area contributed by atoms with Crippen molar-refractivity contribution >= 4 is 22.5 Å². The van der Waals surface area contributed by atoms with Crippen LogP contribution in [0.15, 0.2) is 54.6 Å². The summed E-state index contributed by atoms with van der Waals surface area (Å²) in [7, 11) is 1.71. The van der Waals surface area contributed by atoms with Crippen LogP contribution in [-0.2, 0) is 7.05 Å². The molecule has 0 aliphatic carbocycles. The molecule has 0 radical (unpaired) electrons. The smallest absolute Gasteiger partial charge is 0.204 e. The van der Waals surface area contributed by atoms with Gasteiger partial charge in [0.15, 0.2) is 11.7 Å². The number of rotatable bonds is 4. The molecule has 3 aromatic rings. The number of aromatic nitrogens is 1. The Labute approximate surface area is 137 Å². The van der Waals surface area contributed by atoms with Gasteiger partial charge in [-0.25, -0.2) is 4.39 Å². The number of para-hydroxylation sites is 1. The van der Waals surface area contributed by atoms with Crippen LogP contribution in [0.25, 0.3) is 10.9 Å². The molecule has 5 heteroatoms. The second kappa shape index (κ2) is 6.09. The quantitative estimate of drug-likeness (QED) is 0.546. The first-order valence-corrected chi connectivity index (χ1v) is 7.31. The van der Waals surface area contributed by atoms with Gasteiger partial charge in [-0.05, 0) is 36.4 Å². The molecule has 0 bridgehead atoms. The fourth-order valence-corrected chi connectivity index (χ4v) is 2.69. The molecule has 2 aromatic carbocycles. The number of carbonyl (C=O) groups excluding carboxylic acids is 2. The molecule has 118 valence electrons. The van der Waals surface area contributed by atoms with E-state index in [4.69, 9.17) is 0 Å². The van der Waals surface area contributed by atoms with Gasteiger partial charge < -0.3 is 4.57 Å². The van der Waals surface area contributed by atoms with E-state index in [0.29, 0.717) is 5.69 Å². The van der Waals surface area contributed by atoms with Gasteiger partial charge >= 0.3 is 0 Å². The van der Waals surface area contributed by atoms with Crippen molar-refractivity contribution in [1.29, 1.82) is 5.26 Å². The third-order valence-corrected chi connectivity index (χ3v) is 3.99. The van der Waals surface area contributed by atoms with E-state index in [-0.39, 0.29) is 5.56 Å². The molecule has 24 heavy (non-hydrogen) atoms. The topological polar surface area (TPSA) is 62.9 Å². The Bertz CT molecular complexity index is 981. The fraction of sp³-hybridized carbons (Fsp3) is 0.105. The third-order valence-electron chi connectivity index (χ3n) is 3.99. The summed E-state index contributed by atoms with van der Waals surface area (Å²) in [5.41, 5.74) is 1.26. The van der Waals surface area contributed by atoms with Crippen molar-refractivity contribution in [2.24, 2.45) is 13.0 Å². The van der Waals surface area contributed by atoms with Crippen molar-refractivity contribution in [3.8, 4) is 6.07 Å². The van der Waals surface area contributed by atoms with Gasteiger partial charge in [0.25, 0.3) is 0 Å². The highest BCUT2D eigenvalue weighted by Crippen LogP contribution is 2.22. The van der Waals surface area contributed by atoms with Crippen LogP contribution in [0.2, 0.25) is 0 Å². The molecular formula is C19H13FN2O2. The lowest BCUT2D eigenvalue weighted by Crippen LogP contribution is -2.24. The average Bonchev–Trinajstić information content (AvgIpc) is 2.93. The molecule has 0 unspecified atom stereocenters. The molecule has 0 spiro atoms. The Hall–Kier alpha value is -3.26. The minimum atomic E-state index is -1.46. The average molecular weight is 320 g/mol. The minimum absolute atomic E-state index is 0.134. The summed E-state index contributed by atoms with van der Waals surface area (Å²) in [6, 6.07) is 15.7. The second-order valence-corrected chi connectivity index (χ2v) is 5.44. The van der Waals surface area contributed by atoms with E-state index < -0.39 is 23.3 Å². The van der Waals surface area contributed by atoms with Crippen LogP contribution >= 0.6 is 0 Å². The summed E-state index contributed by atoms with van der Waals surface area (Å²) in [5.74, 6) is -3.14. The molecule has 0 amide bonds. The van der Waals surface area contributed by atoms with Gasteiger partial charge in [-0.15, -0.1) is 0 Å². The summed E-state index contributed by atoms with van der Waals surface area (Å²) in [6.45, 7) is 0. The highest BCUT2D eigenvalue weighted by molar-refractivity contribution is 6.18. The van der Waals surface area contributed by atoms with Crippen LogP contribution in [0.5, 0.6) is 0 Å². The van der Waals surface area contributed by atoms with Crippen LogP contribution in [-0.4, -0.2) is 16.1 Å². The lowest BCUT2D eigenvalue weighted by Gasteiger charge is -2.09. The van der Waals surface area contributed by atoms with Crippen molar-refractivity contribution in [3.05, 3.63) is 71.7 Å². The van der Waals surface area contributed by atoms with Gasteiger partial charge in [0.1, 0.15) is 5.82 Å². The van der Waals surface area contributed by atoms with Crippen LogP contribution in [0, 0.1) is 23.1 Å². The maximum atomic E-state index is 13.0. The summed E-state index contributed by atoms with van der Waals surface area (Å²) >= 11 is 0. The first-order chi connectivity index (χ1) is 11.5. The number of Topliss-reactive ketones (excluding diaryl/α,β-unsaturated/α-hetero) is 2. The Kier molecular flexibility index (Phi) is 3.97. The van der Waals surface area contributed by atoms with Gasteiger partial charge in [-0.3, -0.25) is 9.59 Å². The molecule has 1 atom stereocenters. The van der Waals surface area contributed by atoms with Gasteiger partial charge in [0, 0.05) is 23.5 Å². The zero-order valence-electron chi connectivity index (χ0n) is 12.9. The normalized spacial score (nSPS) is 11.9. The molecule has 0 saturated heterocycles. The maximum Gasteiger partial charge on any atom is 0.204 e. The summed E-state index contributed by atoms with van der Waals surface area (Å²) in [5, 5.41) is 10.2. The van der Waals surface area contributed by atoms with Crippen LogP contribution in [0.3, 0.4) is 0 Å². The molecule has 0 fully saturated rings. The van der Waals surface area contributed by atoms with Crippen LogP contribution in [0.4, 0.5) is 4.39 Å². The molecule has 4 nitrogen and oxygen atoms in total. The predicted molar refractivity (Wildman–Crippen MR) is 87.1 cm³/mol. The number of hydrogen-bond donors (Lipinski definition) is 0. The molecular weight excluding hydrogens is 307 g/mol. The van der Waals surface area contributed by atoms with E-state index in [1.807, 2.05) is 24.3 Å². The van der Waals surface area contributed by atoms with Crippen molar-refractivity contribution in [3.63, 3.8) is 0 Å². The van der Waals surface area contributed by atoms with E-state index in [9.17, 15) is 19.2 Å². The monoisotopic (exact) mass is 320 g/mol. The van der Waals surface area contributed by atoms with E-state index in [2.05, 4.69) is 0 Å². The lowest BCUT2D eigenvalue weighted by atomic mass is 9.93. The number of nitrogens with zero attached hydrogens (tertiary/aromatic N) is 2. The Morgan fingerprint density at radius 1 is 1.08 bits per heavy atom. The Morgan fingerprint density at radius 2 is 1.75 bits per heavy atom. The number of nitriles is 1. The maximum absolute atomic E-state index is 13.0. The van der Waals surface area contributed by atoms with E-state index in [1.54, 1.807) is 23.8 Å². The van der Waals surface area contributed by atoms with Crippen LogP contribution in [0.1, 0.15) is 20.8 Å².